The molecule has 1 saturated heterocycles. The van der Waals surface area contributed by atoms with Crippen molar-refractivity contribution in [3.05, 3.63) is 0 Å². The third-order valence-corrected chi connectivity index (χ3v) is 5.05. The van der Waals surface area contributed by atoms with E-state index in [1.54, 1.807) is 0 Å². The summed E-state index contributed by atoms with van der Waals surface area (Å²) >= 11 is 0. The molecule has 8 heteroatoms. The summed E-state index contributed by atoms with van der Waals surface area (Å²) in [5.41, 5.74) is 5.16. The second-order valence-corrected chi connectivity index (χ2v) is 7.16. The lowest BCUT2D eigenvalue weighted by Crippen LogP contribution is -2.54. The van der Waals surface area contributed by atoms with Crippen molar-refractivity contribution in [1.29, 1.82) is 0 Å². The Balaban J connectivity index is 2.87. The van der Waals surface area contributed by atoms with E-state index in [1.807, 2.05) is 20.8 Å². The van der Waals surface area contributed by atoms with Gasteiger partial charge in [-0.3, -0.25) is 4.79 Å². The van der Waals surface area contributed by atoms with Crippen molar-refractivity contribution in [2.75, 3.05) is 26.2 Å². The van der Waals surface area contributed by atoms with Crippen molar-refractivity contribution < 1.29 is 17.9 Å². The van der Waals surface area contributed by atoms with Crippen molar-refractivity contribution in [2.24, 2.45) is 5.73 Å². The summed E-state index contributed by atoms with van der Waals surface area (Å²) in [6.07, 6.45) is 1.23. The topological polar surface area (TPSA) is 92.9 Å². The third-order valence-electron chi connectivity index (χ3n) is 3.13. The minimum atomic E-state index is -3.67. The predicted molar refractivity (Wildman–Crippen MR) is 76.2 cm³/mol. The maximum atomic E-state index is 12.6. The molecule has 0 saturated carbocycles. The lowest BCUT2D eigenvalue weighted by molar-refractivity contribution is -0.118. The number of amides is 1. The van der Waals surface area contributed by atoms with Crippen LogP contribution in [0.25, 0.3) is 0 Å². The molecule has 0 spiro atoms. The Morgan fingerprint density at radius 1 is 1.35 bits per heavy atom. The Bertz CT molecular complexity index is 416. The number of unbranched alkanes of at least 4 members (excludes halogenated alkanes) is 1. The van der Waals surface area contributed by atoms with Crippen LogP contribution < -0.4 is 5.73 Å². The molecule has 0 aliphatic carbocycles. The fraction of sp³-hybridized carbons (Fsp3) is 0.917. The summed E-state index contributed by atoms with van der Waals surface area (Å²) in [5, 5.41) is 0. The number of nitrogens with two attached hydrogens (primary N) is 1. The molecular weight excluding hydrogens is 282 g/mol. The van der Waals surface area contributed by atoms with Gasteiger partial charge in [0.25, 0.3) is 10.2 Å². The highest BCUT2D eigenvalue weighted by molar-refractivity contribution is 7.86. The van der Waals surface area contributed by atoms with Gasteiger partial charge in [0, 0.05) is 19.6 Å². The maximum absolute atomic E-state index is 12.6. The first kappa shape index (κ1) is 17.4. The normalized spacial score (nSPS) is 25.0. The van der Waals surface area contributed by atoms with Crippen LogP contribution in [0, 0.1) is 0 Å². The number of ether oxygens (including phenoxy) is 1. The van der Waals surface area contributed by atoms with E-state index in [2.05, 4.69) is 0 Å². The molecule has 1 heterocycles. The first-order chi connectivity index (χ1) is 9.27. The van der Waals surface area contributed by atoms with Crippen molar-refractivity contribution in [1.82, 2.24) is 8.61 Å². The molecule has 0 bridgehead atoms. The molecule has 1 amide bonds. The maximum Gasteiger partial charge on any atom is 0.282 e. The molecular formula is C12H25N3O4S. The van der Waals surface area contributed by atoms with E-state index < -0.39 is 16.1 Å². The van der Waals surface area contributed by atoms with Crippen LogP contribution in [0.1, 0.15) is 33.6 Å². The van der Waals surface area contributed by atoms with Crippen LogP contribution in [-0.2, 0) is 19.7 Å². The average molecular weight is 307 g/mol. The minimum absolute atomic E-state index is 0.157. The van der Waals surface area contributed by atoms with Gasteiger partial charge < -0.3 is 10.5 Å². The molecule has 2 atom stereocenters. The van der Waals surface area contributed by atoms with E-state index in [9.17, 15) is 13.2 Å². The lowest BCUT2D eigenvalue weighted by atomic mass is 10.3. The molecule has 0 aromatic heterocycles. The van der Waals surface area contributed by atoms with Gasteiger partial charge in [0.05, 0.1) is 18.8 Å². The van der Waals surface area contributed by atoms with Gasteiger partial charge in [0.1, 0.15) is 0 Å². The zero-order valence-corrected chi connectivity index (χ0v) is 13.2. The van der Waals surface area contributed by atoms with Crippen molar-refractivity contribution >= 4 is 16.1 Å². The summed E-state index contributed by atoms with van der Waals surface area (Å²) < 4.78 is 33.3. The SMILES string of the molecule is CCCCN(CC(N)=O)S(=O)(=O)N1C[C@@H](C)O[C@@H](C)C1. The molecule has 1 rings (SSSR count). The van der Waals surface area contributed by atoms with E-state index >= 15 is 0 Å². The van der Waals surface area contributed by atoms with E-state index in [4.69, 9.17) is 10.5 Å². The predicted octanol–water partition coefficient (Wildman–Crippen LogP) is -0.0722. The summed E-state index contributed by atoms with van der Waals surface area (Å²) in [6.45, 7) is 6.27. The zero-order chi connectivity index (χ0) is 15.3. The Kier molecular flexibility index (Phi) is 6.38. The van der Waals surface area contributed by atoms with Crippen molar-refractivity contribution in [3.8, 4) is 0 Å². The van der Waals surface area contributed by atoms with Gasteiger partial charge in [-0.25, -0.2) is 0 Å². The first-order valence-electron chi connectivity index (χ1n) is 6.96. The smallest absolute Gasteiger partial charge is 0.282 e. The Hall–Kier alpha value is -0.700. The van der Waals surface area contributed by atoms with E-state index in [1.165, 1.54) is 8.61 Å². The van der Waals surface area contributed by atoms with Gasteiger partial charge in [-0.1, -0.05) is 13.3 Å². The number of hydrogen-bond donors (Lipinski definition) is 1. The number of carbonyl (C=O) groups excluding carboxylic acids is 1. The number of nitrogens with zero attached hydrogens (tertiary/aromatic N) is 2. The Morgan fingerprint density at radius 3 is 2.35 bits per heavy atom. The molecule has 0 aromatic rings. The van der Waals surface area contributed by atoms with Crippen LogP contribution in [0.2, 0.25) is 0 Å². The molecule has 2 N–H and O–H groups in total. The molecule has 1 aliphatic heterocycles. The summed E-state index contributed by atoms with van der Waals surface area (Å²) in [6, 6.07) is 0. The molecule has 0 aromatic carbocycles. The third kappa shape index (κ3) is 4.69. The molecule has 0 radical (unpaired) electrons. The van der Waals surface area contributed by atoms with Crippen LogP contribution in [0.5, 0.6) is 0 Å². The van der Waals surface area contributed by atoms with Gasteiger partial charge in [-0.05, 0) is 20.3 Å². The monoisotopic (exact) mass is 307 g/mol. The van der Waals surface area contributed by atoms with E-state index in [0.29, 0.717) is 26.1 Å². The number of morpholine rings is 1. The van der Waals surface area contributed by atoms with Crippen LogP contribution >= 0.6 is 0 Å². The molecule has 1 aliphatic rings. The Labute approximate surface area is 121 Å². The van der Waals surface area contributed by atoms with Crippen LogP contribution in [0.3, 0.4) is 0 Å². The van der Waals surface area contributed by atoms with E-state index in [0.717, 1.165) is 6.42 Å². The molecule has 118 valence electrons. The number of hydrogen-bond acceptors (Lipinski definition) is 4. The minimum Gasteiger partial charge on any atom is -0.373 e. The highest BCUT2D eigenvalue weighted by atomic mass is 32.2. The second kappa shape index (κ2) is 7.35. The molecule has 1 fully saturated rings. The summed E-state index contributed by atoms with van der Waals surface area (Å²) in [7, 11) is -3.67. The second-order valence-electron chi connectivity index (χ2n) is 5.24. The van der Waals surface area contributed by atoms with Crippen LogP contribution in [0.15, 0.2) is 0 Å². The highest BCUT2D eigenvalue weighted by Gasteiger charge is 2.35. The number of carbonyl (C=O) groups is 1. The number of primary amides is 1. The van der Waals surface area contributed by atoms with Gasteiger partial charge in [-0.2, -0.15) is 17.0 Å². The fourth-order valence-corrected chi connectivity index (χ4v) is 4.04. The first-order valence-corrected chi connectivity index (χ1v) is 8.36. The Morgan fingerprint density at radius 2 is 1.90 bits per heavy atom. The van der Waals surface area contributed by atoms with Gasteiger partial charge in [0.15, 0.2) is 0 Å². The highest BCUT2D eigenvalue weighted by Crippen LogP contribution is 2.17. The quantitative estimate of drug-likeness (QED) is 0.712. The number of rotatable bonds is 7. The molecule has 20 heavy (non-hydrogen) atoms. The zero-order valence-electron chi connectivity index (χ0n) is 12.4. The van der Waals surface area contributed by atoms with Gasteiger partial charge in [-0.15, -0.1) is 0 Å². The van der Waals surface area contributed by atoms with Crippen LogP contribution in [-0.4, -0.2) is 61.3 Å². The molecule has 7 nitrogen and oxygen atoms in total. The fourth-order valence-electron chi connectivity index (χ4n) is 2.27. The van der Waals surface area contributed by atoms with Crippen LogP contribution in [0.4, 0.5) is 0 Å². The standard InChI is InChI=1S/C12H25N3O4S/c1-4-5-6-14(9-12(13)16)20(17,18)15-7-10(2)19-11(3)8-15/h10-11H,4-9H2,1-3H3,(H2,13,16)/t10-,11+. The summed E-state index contributed by atoms with van der Waals surface area (Å²) in [4.78, 5) is 11.1. The van der Waals surface area contributed by atoms with E-state index in [-0.39, 0.29) is 18.8 Å². The summed E-state index contributed by atoms with van der Waals surface area (Å²) in [5.74, 6) is -0.640. The van der Waals surface area contributed by atoms with Gasteiger partial charge >= 0.3 is 0 Å². The van der Waals surface area contributed by atoms with Gasteiger partial charge in [0.2, 0.25) is 5.91 Å². The average Bonchev–Trinajstić information content (AvgIpc) is 2.32. The largest absolute Gasteiger partial charge is 0.373 e. The van der Waals surface area contributed by atoms with Crippen molar-refractivity contribution in [3.63, 3.8) is 0 Å². The molecule has 0 unspecified atom stereocenters. The lowest BCUT2D eigenvalue weighted by Gasteiger charge is -2.37. The van der Waals surface area contributed by atoms with Crippen molar-refractivity contribution in [2.45, 2.75) is 45.8 Å².